The predicted octanol–water partition coefficient (Wildman–Crippen LogP) is 4.16. The van der Waals surface area contributed by atoms with Gasteiger partial charge in [-0.2, -0.15) is 4.68 Å². The number of tetrazole rings is 1. The van der Waals surface area contributed by atoms with Crippen LogP contribution in [0.15, 0.2) is 82.6 Å². The smallest absolute Gasteiger partial charge is 0.192 e. The highest BCUT2D eigenvalue weighted by atomic mass is 32.2. The average Bonchev–Trinajstić information content (AvgIpc) is 3.55. The molecule has 0 N–H and O–H groups in total. The van der Waals surface area contributed by atoms with Crippen LogP contribution in [0, 0.1) is 6.92 Å². The minimum Gasteiger partial charge on any atom is -0.467 e. The van der Waals surface area contributed by atoms with E-state index in [1.165, 1.54) is 0 Å². The molecule has 0 aliphatic rings. The van der Waals surface area contributed by atoms with Crippen LogP contribution in [-0.4, -0.2) is 35.0 Å². The van der Waals surface area contributed by atoms with E-state index in [0.29, 0.717) is 12.3 Å². The molecule has 3 aromatic heterocycles. The number of benzene rings is 2. The molecule has 0 unspecified atom stereocenters. The predicted molar refractivity (Wildman–Crippen MR) is 117 cm³/mol. The molecular formula is C22H19N7OS. The minimum absolute atomic E-state index is 0.537. The Morgan fingerprint density at radius 3 is 2.55 bits per heavy atom. The highest BCUT2D eigenvalue weighted by Gasteiger charge is 2.18. The van der Waals surface area contributed by atoms with Crippen molar-refractivity contribution in [3.05, 3.63) is 90.1 Å². The second-order valence-electron chi connectivity index (χ2n) is 6.92. The first kappa shape index (κ1) is 19.3. The van der Waals surface area contributed by atoms with Gasteiger partial charge in [0.25, 0.3) is 0 Å². The molecule has 154 valence electrons. The fourth-order valence-corrected chi connectivity index (χ4v) is 4.16. The van der Waals surface area contributed by atoms with E-state index >= 15 is 0 Å². The summed E-state index contributed by atoms with van der Waals surface area (Å²) in [6.07, 6.45) is 1.67. The van der Waals surface area contributed by atoms with Gasteiger partial charge in [-0.3, -0.25) is 4.57 Å². The normalized spacial score (nSPS) is 11.1. The quantitative estimate of drug-likeness (QED) is 0.359. The van der Waals surface area contributed by atoms with Crippen LogP contribution in [0.4, 0.5) is 0 Å². The van der Waals surface area contributed by atoms with E-state index in [1.54, 1.807) is 22.7 Å². The standard InChI is InChI=1S/C22H19N7OS/c1-16-8-5-6-12-19(16)21-24-25-22(28(21)14-18-11-7-13-30-18)31-15-20-23-26-27-29(20)17-9-3-2-4-10-17/h2-13H,14-15H2,1H3. The van der Waals surface area contributed by atoms with Gasteiger partial charge in [0, 0.05) is 5.56 Å². The molecule has 9 heteroatoms. The summed E-state index contributed by atoms with van der Waals surface area (Å²) in [5.41, 5.74) is 3.10. The highest BCUT2D eigenvalue weighted by Crippen LogP contribution is 2.29. The van der Waals surface area contributed by atoms with Crippen LogP contribution in [0.25, 0.3) is 17.1 Å². The second kappa shape index (κ2) is 8.57. The molecule has 0 aliphatic carbocycles. The summed E-state index contributed by atoms with van der Waals surface area (Å²) in [6.45, 7) is 2.61. The topological polar surface area (TPSA) is 87.5 Å². The number of hydrogen-bond acceptors (Lipinski definition) is 7. The maximum Gasteiger partial charge on any atom is 0.192 e. The number of rotatable bonds is 7. The van der Waals surface area contributed by atoms with Crippen LogP contribution in [-0.2, 0) is 12.3 Å². The van der Waals surface area contributed by atoms with Gasteiger partial charge in [-0.1, -0.05) is 54.2 Å². The van der Waals surface area contributed by atoms with Crippen molar-refractivity contribution in [3.63, 3.8) is 0 Å². The van der Waals surface area contributed by atoms with E-state index in [9.17, 15) is 0 Å². The zero-order chi connectivity index (χ0) is 21.0. The van der Waals surface area contributed by atoms with Gasteiger partial charge in [-0.25, -0.2) is 0 Å². The molecule has 0 bridgehead atoms. The number of nitrogens with zero attached hydrogens (tertiary/aromatic N) is 7. The maximum atomic E-state index is 5.59. The molecule has 0 saturated carbocycles. The van der Waals surface area contributed by atoms with Crippen molar-refractivity contribution < 1.29 is 4.42 Å². The zero-order valence-corrected chi connectivity index (χ0v) is 17.6. The van der Waals surface area contributed by atoms with Crippen molar-refractivity contribution in [1.82, 2.24) is 35.0 Å². The zero-order valence-electron chi connectivity index (χ0n) is 16.8. The van der Waals surface area contributed by atoms with Gasteiger partial charge < -0.3 is 4.42 Å². The fourth-order valence-electron chi connectivity index (χ4n) is 3.31. The molecule has 8 nitrogen and oxygen atoms in total. The lowest BCUT2D eigenvalue weighted by molar-refractivity contribution is 0.485. The average molecular weight is 430 g/mol. The molecule has 0 atom stereocenters. The molecule has 0 fully saturated rings. The summed E-state index contributed by atoms with van der Waals surface area (Å²) in [7, 11) is 0. The molecule has 0 aliphatic heterocycles. The maximum absolute atomic E-state index is 5.59. The number of para-hydroxylation sites is 1. The van der Waals surface area contributed by atoms with Crippen molar-refractivity contribution in [3.8, 4) is 17.1 Å². The van der Waals surface area contributed by atoms with Crippen LogP contribution in [0.3, 0.4) is 0 Å². The first-order valence-corrected chi connectivity index (χ1v) is 10.8. The fraction of sp³-hybridized carbons (Fsp3) is 0.136. The van der Waals surface area contributed by atoms with Crippen LogP contribution in [0.1, 0.15) is 17.1 Å². The minimum atomic E-state index is 0.537. The van der Waals surface area contributed by atoms with Crippen molar-refractivity contribution >= 4 is 11.8 Å². The summed E-state index contributed by atoms with van der Waals surface area (Å²) in [5, 5.41) is 21.9. The lowest BCUT2D eigenvalue weighted by Crippen LogP contribution is -2.05. The molecule has 0 saturated heterocycles. The Morgan fingerprint density at radius 1 is 0.903 bits per heavy atom. The van der Waals surface area contributed by atoms with Gasteiger partial charge in [0.15, 0.2) is 16.8 Å². The van der Waals surface area contributed by atoms with E-state index in [-0.39, 0.29) is 0 Å². The highest BCUT2D eigenvalue weighted by molar-refractivity contribution is 7.98. The summed E-state index contributed by atoms with van der Waals surface area (Å²) in [6, 6.07) is 21.8. The van der Waals surface area contributed by atoms with Gasteiger partial charge in [0.1, 0.15) is 5.76 Å². The molecule has 0 radical (unpaired) electrons. The largest absolute Gasteiger partial charge is 0.467 e. The molecule has 5 aromatic rings. The Labute approximate surface area is 182 Å². The van der Waals surface area contributed by atoms with E-state index < -0.39 is 0 Å². The number of furan rings is 1. The molecule has 5 rings (SSSR count). The first-order chi connectivity index (χ1) is 15.3. The summed E-state index contributed by atoms with van der Waals surface area (Å²) in [5.74, 6) is 2.93. The van der Waals surface area contributed by atoms with Gasteiger partial charge in [0.2, 0.25) is 0 Å². The molecule has 31 heavy (non-hydrogen) atoms. The van der Waals surface area contributed by atoms with Crippen molar-refractivity contribution in [2.24, 2.45) is 0 Å². The van der Waals surface area contributed by atoms with Crippen molar-refractivity contribution in [2.45, 2.75) is 24.4 Å². The Morgan fingerprint density at radius 2 is 1.74 bits per heavy atom. The van der Waals surface area contributed by atoms with Crippen LogP contribution < -0.4 is 0 Å². The molecule has 2 aromatic carbocycles. The van der Waals surface area contributed by atoms with Crippen LogP contribution in [0.5, 0.6) is 0 Å². The molecular weight excluding hydrogens is 410 g/mol. The third-order valence-corrected chi connectivity index (χ3v) is 5.82. The van der Waals surface area contributed by atoms with E-state index in [2.05, 4.69) is 49.3 Å². The lowest BCUT2D eigenvalue weighted by Gasteiger charge is -2.10. The monoisotopic (exact) mass is 429 g/mol. The first-order valence-electron chi connectivity index (χ1n) is 9.76. The van der Waals surface area contributed by atoms with Crippen LogP contribution >= 0.6 is 11.8 Å². The third kappa shape index (κ3) is 3.99. The summed E-state index contributed by atoms with van der Waals surface area (Å²) < 4.78 is 9.40. The van der Waals surface area contributed by atoms with Gasteiger partial charge in [-0.15, -0.1) is 15.3 Å². The SMILES string of the molecule is Cc1ccccc1-c1nnc(SCc2nnnn2-c2ccccc2)n1Cc1ccco1. The van der Waals surface area contributed by atoms with Crippen LogP contribution in [0.2, 0.25) is 0 Å². The van der Waals surface area contributed by atoms with E-state index in [4.69, 9.17) is 4.42 Å². The Kier molecular flexibility index (Phi) is 5.32. The molecule has 0 spiro atoms. The van der Waals surface area contributed by atoms with Gasteiger partial charge in [-0.05, 0) is 47.2 Å². The summed E-state index contributed by atoms with van der Waals surface area (Å²) >= 11 is 1.54. The Balaban J connectivity index is 1.46. The summed E-state index contributed by atoms with van der Waals surface area (Å²) in [4.78, 5) is 0. The van der Waals surface area contributed by atoms with E-state index in [1.807, 2.05) is 54.6 Å². The number of aromatic nitrogens is 7. The molecule has 0 amide bonds. The molecule has 3 heterocycles. The number of aryl methyl sites for hydroxylation is 1. The van der Waals surface area contributed by atoms with E-state index in [0.717, 1.165) is 39.4 Å². The number of hydrogen-bond donors (Lipinski definition) is 0. The second-order valence-corrected chi connectivity index (χ2v) is 7.86. The Bertz CT molecular complexity index is 1280. The van der Waals surface area contributed by atoms with Gasteiger partial charge in [0.05, 0.1) is 24.2 Å². The van der Waals surface area contributed by atoms with Gasteiger partial charge >= 0.3 is 0 Å². The van der Waals surface area contributed by atoms with Crippen molar-refractivity contribution in [1.29, 1.82) is 0 Å². The lowest BCUT2D eigenvalue weighted by atomic mass is 10.1. The Hall–Kier alpha value is -3.72. The third-order valence-electron chi connectivity index (χ3n) is 4.86. The van der Waals surface area contributed by atoms with Crippen molar-refractivity contribution in [2.75, 3.05) is 0 Å². The number of thioether (sulfide) groups is 1.